The first-order valence-electron chi connectivity index (χ1n) is 41.5. The molecule has 124 heavy (non-hydrogen) atoms. The first kappa shape index (κ1) is 75.5. The molecular weight excluding hydrogens is 1550 g/mol. The van der Waals surface area contributed by atoms with Crippen molar-refractivity contribution in [2.45, 2.75) is 0 Å². The van der Waals surface area contributed by atoms with Gasteiger partial charge in [-0.2, -0.15) is 0 Å². The summed E-state index contributed by atoms with van der Waals surface area (Å²) in [5.41, 5.74) is 26.0. The quantitative estimate of drug-likeness (QED) is 0.0807. The highest BCUT2D eigenvalue weighted by molar-refractivity contribution is 7.26. The fourth-order valence-electron chi connectivity index (χ4n) is 16.6. The molecule has 19 aromatic carbocycles. The third-order valence-electron chi connectivity index (χ3n) is 22.7. The first-order valence-corrected chi connectivity index (χ1v) is 43.2. The maximum absolute atomic E-state index is 5.99. The van der Waals surface area contributed by atoms with Crippen molar-refractivity contribution in [3.8, 4) is 44.5 Å². The Morgan fingerprint density at radius 1 is 0.194 bits per heavy atom. The molecule has 0 bridgehead atoms. The highest BCUT2D eigenvalue weighted by atomic mass is 32.1. The smallest absolute Gasteiger partial charge is 0.135 e. The molecular formula is C114H79N5O3S2. The van der Waals surface area contributed by atoms with Crippen LogP contribution in [0.1, 0.15) is 0 Å². The van der Waals surface area contributed by atoms with E-state index in [-0.39, 0.29) is 0 Å². The fraction of sp³-hybridized carbons (Fsp3) is 0. The van der Waals surface area contributed by atoms with Gasteiger partial charge in [0.15, 0.2) is 0 Å². The summed E-state index contributed by atoms with van der Waals surface area (Å²) in [6.45, 7) is 0. The van der Waals surface area contributed by atoms with Crippen molar-refractivity contribution in [1.29, 1.82) is 0 Å². The van der Waals surface area contributed by atoms with E-state index in [1.807, 2.05) is 95.5 Å². The number of thiophene rings is 2. The monoisotopic (exact) mass is 1630 g/mol. The summed E-state index contributed by atoms with van der Waals surface area (Å²) in [7, 11) is 0. The van der Waals surface area contributed by atoms with Crippen molar-refractivity contribution in [3.05, 3.63) is 455 Å². The number of anilines is 11. The molecule has 0 unspecified atom stereocenters. The molecule has 590 valence electrons. The van der Waals surface area contributed by atoms with Crippen LogP contribution < -0.4 is 26.2 Å². The Morgan fingerprint density at radius 3 is 1.26 bits per heavy atom. The lowest BCUT2D eigenvalue weighted by atomic mass is 10.0. The molecule has 24 rings (SSSR count). The van der Waals surface area contributed by atoms with Gasteiger partial charge in [0.1, 0.15) is 27.9 Å². The number of nitrogens with zero attached hydrogens (tertiary/aromatic N) is 1. The van der Waals surface area contributed by atoms with E-state index in [4.69, 9.17) is 13.3 Å². The second kappa shape index (κ2) is 34.0. The maximum atomic E-state index is 5.99. The molecule has 5 heterocycles. The van der Waals surface area contributed by atoms with E-state index in [1.54, 1.807) is 6.26 Å². The molecule has 10 heteroatoms. The average Bonchev–Trinajstić information content (AvgIpc) is 1.60. The molecule has 0 radical (unpaired) electrons. The Morgan fingerprint density at radius 2 is 0.589 bits per heavy atom. The summed E-state index contributed by atoms with van der Waals surface area (Å²) in [6.07, 6.45) is 1.71. The third kappa shape index (κ3) is 15.9. The first-order chi connectivity index (χ1) is 61.4. The zero-order chi connectivity index (χ0) is 82.5. The van der Waals surface area contributed by atoms with Crippen LogP contribution in [0.25, 0.3) is 150 Å². The maximum Gasteiger partial charge on any atom is 0.135 e. The van der Waals surface area contributed by atoms with Crippen molar-refractivity contribution in [2.75, 3.05) is 26.2 Å². The summed E-state index contributed by atoms with van der Waals surface area (Å²) in [4.78, 5) is 2.35. The Hall–Kier alpha value is -16.0. The number of furan rings is 3. The summed E-state index contributed by atoms with van der Waals surface area (Å²) >= 11 is 3.69. The lowest BCUT2D eigenvalue weighted by Crippen LogP contribution is -2.10. The second-order valence-corrected chi connectivity index (χ2v) is 32.8. The molecule has 8 nitrogen and oxygen atoms in total. The van der Waals surface area contributed by atoms with Gasteiger partial charge in [-0.3, -0.25) is 0 Å². The Kier molecular flexibility index (Phi) is 20.7. The summed E-state index contributed by atoms with van der Waals surface area (Å²) in [5, 5.41) is 27.6. The summed E-state index contributed by atoms with van der Waals surface area (Å²) in [5.74, 6) is 0. The number of hydrogen-bond donors (Lipinski definition) is 4. The van der Waals surface area contributed by atoms with Crippen LogP contribution in [0, 0.1) is 0 Å². The predicted octanol–water partition coefficient (Wildman–Crippen LogP) is 34.3. The van der Waals surface area contributed by atoms with Gasteiger partial charge in [0, 0.05) is 131 Å². The van der Waals surface area contributed by atoms with E-state index < -0.39 is 0 Å². The standard InChI is InChI=1S/C42H30N2S.C36H23NOS.2C18H13NO/c1-3-13-30(14-4-1)32-17-9-20-35(27-32)44(36-21-10-18-33(28-36)31-15-5-2-6-16-31)37-22-11-19-34(29-37)43-40-25-12-24-39-38-23-7-8-26-41(38)45-42(39)40;1-3-7-33-29(5-1)31-21-25(13-19-34(31)38-33)23-9-15-27(16-10-23)37-28-17-11-24(12-18-28)26-14-20-36-32(22-26)30-6-2-4-8-35(30)39-36;1-2-6-16-13(4-1)5-3-7-17(16)19-15-9-8-14-10-11-20-18(14)12-15;1-2-6-13(7-3-1)19-14-10-11-18-16(12-14)15-8-4-5-9-17(15)20-18/h1-29,43H;1-22,37H;2*1-12,19H. The van der Waals surface area contributed by atoms with E-state index in [0.717, 1.165) is 117 Å². The largest absolute Gasteiger partial charge is 0.464 e. The molecule has 4 N–H and O–H groups in total. The zero-order valence-corrected chi connectivity index (χ0v) is 68.9. The van der Waals surface area contributed by atoms with Crippen LogP contribution >= 0.6 is 22.7 Å². The molecule has 5 aromatic heterocycles. The van der Waals surface area contributed by atoms with Crippen LogP contribution in [0.3, 0.4) is 0 Å². The topological polar surface area (TPSA) is 90.8 Å². The van der Waals surface area contributed by atoms with Crippen molar-refractivity contribution in [3.63, 3.8) is 0 Å². The number of hydrogen-bond acceptors (Lipinski definition) is 10. The van der Waals surface area contributed by atoms with Crippen LogP contribution in [-0.2, 0) is 0 Å². The zero-order valence-electron chi connectivity index (χ0n) is 67.3. The predicted molar refractivity (Wildman–Crippen MR) is 529 cm³/mol. The average molecular weight is 1630 g/mol. The molecule has 0 saturated carbocycles. The van der Waals surface area contributed by atoms with Gasteiger partial charge in [0.2, 0.25) is 0 Å². The normalized spacial score (nSPS) is 11.2. The summed E-state index contributed by atoms with van der Waals surface area (Å²) < 4.78 is 22.5. The summed E-state index contributed by atoms with van der Waals surface area (Å²) in [6, 6.07) is 157. The molecule has 0 aliphatic heterocycles. The Balaban J connectivity index is 0.000000107. The third-order valence-corrected chi connectivity index (χ3v) is 25.0. The molecule has 0 atom stereocenters. The van der Waals surface area contributed by atoms with Gasteiger partial charge in [-0.25, -0.2) is 0 Å². The highest BCUT2D eigenvalue weighted by Crippen LogP contribution is 2.45. The van der Waals surface area contributed by atoms with Gasteiger partial charge in [-0.05, 0) is 226 Å². The minimum Gasteiger partial charge on any atom is -0.464 e. The second-order valence-electron chi connectivity index (χ2n) is 30.6. The van der Waals surface area contributed by atoms with E-state index in [2.05, 4.69) is 402 Å². The van der Waals surface area contributed by atoms with E-state index in [1.165, 1.54) is 95.6 Å². The van der Waals surface area contributed by atoms with Crippen molar-refractivity contribution in [1.82, 2.24) is 0 Å². The minimum absolute atomic E-state index is 0.898. The van der Waals surface area contributed by atoms with Crippen LogP contribution in [0.4, 0.5) is 62.6 Å². The fourth-order valence-corrected chi connectivity index (χ4v) is 18.8. The Labute approximate surface area is 725 Å². The molecule has 0 amide bonds. The lowest BCUT2D eigenvalue weighted by Gasteiger charge is -2.27. The molecule has 0 aliphatic carbocycles. The van der Waals surface area contributed by atoms with Gasteiger partial charge in [0.25, 0.3) is 0 Å². The highest BCUT2D eigenvalue weighted by Gasteiger charge is 2.19. The molecule has 0 fully saturated rings. The van der Waals surface area contributed by atoms with Gasteiger partial charge < -0.3 is 39.4 Å². The minimum atomic E-state index is 0.898. The van der Waals surface area contributed by atoms with E-state index in [0.29, 0.717) is 0 Å². The van der Waals surface area contributed by atoms with Gasteiger partial charge in [-0.15, -0.1) is 22.7 Å². The van der Waals surface area contributed by atoms with E-state index >= 15 is 0 Å². The molecule has 24 aromatic rings. The van der Waals surface area contributed by atoms with Gasteiger partial charge in [-0.1, -0.05) is 267 Å². The lowest BCUT2D eigenvalue weighted by molar-refractivity contribution is 0.616. The van der Waals surface area contributed by atoms with Crippen LogP contribution in [0.15, 0.2) is 468 Å². The SMILES string of the molecule is c1ccc(-c2cccc(N(c3cccc(Nc4cccc5c4sc4ccccc45)c3)c3cccc(-c4ccccc4)c3)c2)cc1.c1ccc(Nc2ccc3oc4ccccc4c3c2)cc1.c1ccc2c(Nc3ccc4ccoc4c3)cccc2c1.c1ccc2c(c1)oc1ccc(-c3ccc(Nc4ccc(-c5ccc6sc7ccccc7c6c5)cc4)cc3)cc12. The van der Waals surface area contributed by atoms with Crippen molar-refractivity contribution < 1.29 is 13.3 Å². The number of fused-ring (bicyclic) bond motifs is 14. The van der Waals surface area contributed by atoms with Gasteiger partial charge in [0.05, 0.1) is 16.7 Å². The molecule has 0 saturated heterocycles. The van der Waals surface area contributed by atoms with Crippen LogP contribution in [-0.4, -0.2) is 0 Å². The van der Waals surface area contributed by atoms with Gasteiger partial charge >= 0.3 is 0 Å². The molecule has 0 aliphatic rings. The Bertz CT molecular complexity index is 7710. The van der Waals surface area contributed by atoms with E-state index in [9.17, 15) is 0 Å². The van der Waals surface area contributed by atoms with Crippen LogP contribution in [0.2, 0.25) is 0 Å². The number of rotatable bonds is 15. The molecule has 0 spiro atoms. The van der Waals surface area contributed by atoms with Crippen molar-refractivity contribution >= 4 is 191 Å². The van der Waals surface area contributed by atoms with Crippen molar-refractivity contribution in [2.24, 2.45) is 0 Å². The number of benzene rings is 19. The number of nitrogens with one attached hydrogen (secondary N) is 4. The number of para-hydroxylation sites is 3. The van der Waals surface area contributed by atoms with Crippen LogP contribution in [0.5, 0.6) is 0 Å².